The van der Waals surface area contributed by atoms with Crippen molar-refractivity contribution < 1.29 is 14.3 Å². The molecule has 0 aliphatic carbocycles. The minimum Gasteiger partial charge on any atom is -0.462 e. The fourth-order valence-electron chi connectivity index (χ4n) is 2.07. The molecule has 1 aromatic heterocycles. The Hall–Kier alpha value is -2.65. The van der Waals surface area contributed by atoms with Gasteiger partial charge in [-0.05, 0) is 44.5 Å². The highest BCUT2D eigenvalue weighted by Gasteiger charge is 2.22. The van der Waals surface area contributed by atoms with Gasteiger partial charge in [-0.3, -0.25) is 4.79 Å². The Balaban J connectivity index is 2.33. The van der Waals surface area contributed by atoms with Crippen LogP contribution in [-0.4, -0.2) is 18.5 Å². The Kier molecular flexibility index (Phi) is 5.14. The molecular weight excluding hydrogens is 312 g/mol. The van der Waals surface area contributed by atoms with Gasteiger partial charge in [0.05, 0.1) is 23.8 Å². The number of hydrogen-bond acceptors (Lipinski definition) is 5. The van der Waals surface area contributed by atoms with Crippen LogP contribution in [0.25, 0.3) is 0 Å². The van der Waals surface area contributed by atoms with Gasteiger partial charge < -0.3 is 10.1 Å². The number of carbonyl (C=O) groups excluding carboxylic acids is 2. The van der Waals surface area contributed by atoms with Crippen LogP contribution in [0.4, 0.5) is 5.00 Å². The van der Waals surface area contributed by atoms with Gasteiger partial charge in [0.2, 0.25) is 0 Å². The van der Waals surface area contributed by atoms with Crippen molar-refractivity contribution in [2.75, 3.05) is 11.9 Å². The average molecular weight is 328 g/mol. The predicted molar refractivity (Wildman–Crippen MR) is 88.9 cm³/mol. The van der Waals surface area contributed by atoms with Crippen LogP contribution in [0.2, 0.25) is 0 Å². The molecule has 0 bridgehead atoms. The van der Waals surface area contributed by atoms with Crippen LogP contribution in [0, 0.1) is 25.2 Å². The molecule has 0 unspecified atom stereocenters. The predicted octanol–water partition coefficient (Wildman–Crippen LogP) is 3.67. The average Bonchev–Trinajstić information content (AvgIpc) is 2.82. The van der Waals surface area contributed by atoms with Gasteiger partial charge in [-0.1, -0.05) is 6.07 Å². The zero-order valence-electron chi connectivity index (χ0n) is 13.1. The summed E-state index contributed by atoms with van der Waals surface area (Å²) in [5.41, 5.74) is 1.96. The third-order valence-corrected chi connectivity index (χ3v) is 4.47. The van der Waals surface area contributed by atoms with Gasteiger partial charge in [0, 0.05) is 10.4 Å². The van der Waals surface area contributed by atoms with Crippen LogP contribution >= 0.6 is 11.3 Å². The second-order valence-electron chi connectivity index (χ2n) is 4.85. The standard InChI is InChI=1S/C17H16N2O3S/c1-4-22-17(21)14-10(2)11(3)23-16(14)19-15(20)13-7-5-6-12(8-13)9-18/h5-8H,4H2,1-3H3,(H,19,20). The Morgan fingerprint density at radius 2 is 2.09 bits per heavy atom. The van der Waals surface area contributed by atoms with Crippen LogP contribution < -0.4 is 5.32 Å². The van der Waals surface area contributed by atoms with Gasteiger partial charge in [0.25, 0.3) is 5.91 Å². The molecular formula is C17H16N2O3S. The van der Waals surface area contributed by atoms with Crippen molar-refractivity contribution in [3.05, 3.63) is 51.4 Å². The number of esters is 1. The lowest BCUT2D eigenvalue weighted by Crippen LogP contribution is -2.15. The molecule has 1 aromatic carbocycles. The van der Waals surface area contributed by atoms with E-state index in [2.05, 4.69) is 5.32 Å². The maximum absolute atomic E-state index is 12.4. The first kappa shape index (κ1) is 16.7. The van der Waals surface area contributed by atoms with Crippen LogP contribution in [0.1, 0.15) is 43.6 Å². The minimum atomic E-state index is -0.449. The first-order chi connectivity index (χ1) is 11.0. The van der Waals surface area contributed by atoms with Gasteiger partial charge >= 0.3 is 5.97 Å². The number of anilines is 1. The molecule has 1 heterocycles. The molecule has 0 atom stereocenters. The summed E-state index contributed by atoms with van der Waals surface area (Å²) in [7, 11) is 0. The van der Waals surface area contributed by atoms with Crippen LogP contribution in [0.5, 0.6) is 0 Å². The van der Waals surface area contributed by atoms with E-state index < -0.39 is 5.97 Å². The third-order valence-electron chi connectivity index (χ3n) is 3.35. The van der Waals surface area contributed by atoms with E-state index in [1.807, 2.05) is 19.9 Å². The monoisotopic (exact) mass is 328 g/mol. The van der Waals surface area contributed by atoms with Crippen molar-refractivity contribution in [1.29, 1.82) is 5.26 Å². The third kappa shape index (κ3) is 3.58. The number of amides is 1. The molecule has 5 nitrogen and oxygen atoms in total. The summed E-state index contributed by atoms with van der Waals surface area (Å²) in [5, 5.41) is 12.1. The van der Waals surface area contributed by atoms with E-state index in [-0.39, 0.29) is 12.5 Å². The maximum Gasteiger partial charge on any atom is 0.341 e. The topological polar surface area (TPSA) is 79.2 Å². The largest absolute Gasteiger partial charge is 0.462 e. The van der Waals surface area contributed by atoms with E-state index in [0.29, 0.717) is 21.7 Å². The highest BCUT2D eigenvalue weighted by atomic mass is 32.1. The molecule has 23 heavy (non-hydrogen) atoms. The Morgan fingerprint density at radius 3 is 2.74 bits per heavy atom. The number of benzene rings is 1. The number of nitrogens with zero attached hydrogens (tertiary/aromatic N) is 1. The zero-order chi connectivity index (χ0) is 17.0. The number of aryl methyl sites for hydroxylation is 1. The molecule has 1 amide bonds. The number of ether oxygens (including phenoxy) is 1. The van der Waals surface area contributed by atoms with Gasteiger partial charge in [-0.15, -0.1) is 11.3 Å². The number of thiophene rings is 1. The van der Waals surface area contributed by atoms with Gasteiger partial charge in [-0.25, -0.2) is 4.79 Å². The molecule has 6 heteroatoms. The normalized spacial score (nSPS) is 10.0. The maximum atomic E-state index is 12.4. The first-order valence-corrected chi connectivity index (χ1v) is 7.88. The Morgan fingerprint density at radius 1 is 1.35 bits per heavy atom. The number of hydrogen-bond donors (Lipinski definition) is 1. The molecule has 0 aliphatic rings. The molecule has 0 saturated heterocycles. The van der Waals surface area contributed by atoms with E-state index in [1.165, 1.54) is 17.4 Å². The van der Waals surface area contributed by atoms with Crippen molar-refractivity contribution in [3.8, 4) is 6.07 Å². The lowest BCUT2D eigenvalue weighted by molar-refractivity contribution is 0.0527. The summed E-state index contributed by atoms with van der Waals surface area (Å²) in [5.74, 6) is -0.815. The highest BCUT2D eigenvalue weighted by Crippen LogP contribution is 2.33. The summed E-state index contributed by atoms with van der Waals surface area (Å²) in [6, 6.07) is 8.39. The molecule has 0 aliphatic heterocycles. The van der Waals surface area contributed by atoms with E-state index in [4.69, 9.17) is 10.00 Å². The summed E-state index contributed by atoms with van der Waals surface area (Å²) in [6.07, 6.45) is 0. The summed E-state index contributed by atoms with van der Waals surface area (Å²) < 4.78 is 5.06. The molecule has 0 spiro atoms. The number of nitrogens with one attached hydrogen (secondary N) is 1. The Labute approximate surface area is 138 Å². The minimum absolute atomic E-state index is 0.269. The van der Waals surface area contributed by atoms with Crippen molar-refractivity contribution in [2.45, 2.75) is 20.8 Å². The van der Waals surface area contributed by atoms with Crippen LogP contribution in [0.3, 0.4) is 0 Å². The number of rotatable bonds is 4. The summed E-state index contributed by atoms with van der Waals surface area (Å²) in [4.78, 5) is 25.4. The fourth-order valence-corrected chi connectivity index (χ4v) is 3.11. The molecule has 0 radical (unpaired) electrons. The second kappa shape index (κ2) is 7.07. The van der Waals surface area contributed by atoms with Gasteiger partial charge in [-0.2, -0.15) is 5.26 Å². The molecule has 2 rings (SSSR count). The SMILES string of the molecule is CCOC(=O)c1c(NC(=O)c2cccc(C#N)c2)sc(C)c1C. The Bertz CT molecular complexity index is 803. The smallest absolute Gasteiger partial charge is 0.341 e. The first-order valence-electron chi connectivity index (χ1n) is 7.06. The molecule has 118 valence electrons. The van der Waals surface area contributed by atoms with Crippen molar-refractivity contribution in [2.24, 2.45) is 0 Å². The quantitative estimate of drug-likeness (QED) is 0.869. The van der Waals surface area contributed by atoms with E-state index in [1.54, 1.807) is 25.1 Å². The molecule has 1 N–H and O–H groups in total. The lowest BCUT2D eigenvalue weighted by Gasteiger charge is -2.07. The fraction of sp³-hybridized carbons (Fsp3) is 0.235. The van der Waals surface area contributed by atoms with Crippen molar-refractivity contribution in [3.63, 3.8) is 0 Å². The van der Waals surface area contributed by atoms with Gasteiger partial charge in [0.15, 0.2) is 0 Å². The second-order valence-corrected chi connectivity index (χ2v) is 6.08. The summed E-state index contributed by atoms with van der Waals surface area (Å²) >= 11 is 1.33. The summed E-state index contributed by atoms with van der Waals surface area (Å²) in [6.45, 7) is 5.71. The molecule has 0 fully saturated rings. The molecule has 2 aromatic rings. The number of nitriles is 1. The highest BCUT2D eigenvalue weighted by molar-refractivity contribution is 7.16. The van der Waals surface area contributed by atoms with E-state index in [9.17, 15) is 9.59 Å². The van der Waals surface area contributed by atoms with Crippen LogP contribution in [0.15, 0.2) is 24.3 Å². The van der Waals surface area contributed by atoms with Gasteiger partial charge in [0.1, 0.15) is 5.00 Å². The van der Waals surface area contributed by atoms with Crippen molar-refractivity contribution in [1.82, 2.24) is 0 Å². The van der Waals surface area contributed by atoms with Crippen LogP contribution in [-0.2, 0) is 4.74 Å². The van der Waals surface area contributed by atoms with E-state index >= 15 is 0 Å². The lowest BCUT2D eigenvalue weighted by atomic mass is 10.1. The zero-order valence-corrected chi connectivity index (χ0v) is 13.9. The van der Waals surface area contributed by atoms with Crippen molar-refractivity contribution >= 4 is 28.2 Å². The number of carbonyl (C=O) groups is 2. The van der Waals surface area contributed by atoms with E-state index in [0.717, 1.165) is 10.4 Å². The molecule has 0 saturated carbocycles.